The van der Waals surface area contributed by atoms with Crippen molar-refractivity contribution in [3.05, 3.63) is 65.7 Å². The highest BCUT2D eigenvalue weighted by atomic mass is 16.1. The Hall–Kier alpha value is -2.29. The first-order chi connectivity index (χ1) is 9.65. The van der Waals surface area contributed by atoms with Gasteiger partial charge in [-0.1, -0.05) is 42.5 Å². The second kappa shape index (κ2) is 6.75. The number of hydrogen-bond donors (Lipinski definition) is 2. The monoisotopic (exact) mass is 268 g/mol. The summed E-state index contributed by atoms with van der Waals surface area (Å²) in [5.41, 5.74) is 8.66. The Kier molecular flexibility index (Phi) is 4.77. The molecular formula is C17H20N2O. The molecule has 0 aliphatic carbocycles. The summed E-state index contributed by atoms with van der Waals surface area (Å²) >= 11 is 0. The van der Waals surface area contributed by atoms with Crippen LogP contribution in [0.3, 0.4) is 0 Å². The smallest absolute Gasteiger partial charge is 0.220 e. The van der Waals surface area contributed by atoms with Crippen molar-refractivity contribution >= 4 is 11.6 Å². The highest BCUT2D eigenvalue weighted by Crippen LogP contribution is 2.12. The van der Waals surface area contributed by atoms with E-state index in [9.17, 15) is 4.79 Å². The van der Waals surface area contributed by atoms with Crippen LogP contribution in [-0.2, 0) is 11.2 Å². The minimum absolute atomic E-state index is 0.0320. The van der Waals surface area contributed by atoms with Crippen molar-refractivity contribution in [2.75, 3.05) is 5.73 Å². The maximum absolute atomic E-state index is 11.9. The van der Waals surface area contributed by atoms with Gasteiger partial charge in [-0.3, -0.25) is 4.79 Å². The van der Waals surface area contributed by atoms with Crippen LogP contribution >= 0.6 is 0 Å². The maximum atomic E-state index is 11.9. The van der Waals surface area contributed by atoms with E-state index < -0.39 is 0 Å². The average molecular weight is 268 g/mol. The topological polar surface area (TPSA) is 55.1 Å². The Bertz CT molecular complexity index is 566. The number of aryl methyl sites for hydroxylation is 1. The van der Waals surface area contributed by atoms with E-state index in [4.69, 9.17) is 5.73 Å². The summed E-state index contributed by atoms with van der Waals surface area (Å²) in [6.45, 7) is 1.99. The van der Waals surface area contributed by atoms with Gasteiger partial charge in [0.1, 0.15) is 0 Å². The van der Waals surface area contributed by atoms with Crippen LogP contribution in [0.1, 0.15) is 30.5 Å². The SMILES string of the molecule is C[C@H](NC(=O)CCc1cccc(N)c1)c1ccccc1. The Balaban J connectivity index is 1.84. The molecule has 0 spiro atoms. The van der Waals surface area contributed by atoms with E-state index >= 15 is 0 Å². The fourth-order valence-electron chi connectivity index (χ4n) is 2.15. The molecule has 0 saturated carbocycles. The molecule has 0 aliphatic heterocycles. The number of anilines is 1. The zero-order chi connectivity index (χ0) is 14.4. The Labute approximate surface area is 119 Å². The van der Waals surface area contributed by atoms with Gasteiger partial charge in [-0.2, -0.15) is 0 Å². The van der Waals surface area contributed by atoms with Gasteiger partial charge in [0.05, 0.1) is 6.04 Å². The Morgan fingerprint density at radius 2 is 1.90 bits per heavy atom. The van der Waals surface area contributed by atoms with Crippen LogP contribution in [0.5, 0.6) is 0 Å². The van der Waals surface area contributed by atoms with Crippen molar-refractivity contribution < 1.29 is 4.79 Å². The third-order valence-electron chi connectivity index (χ3n) is 3.27. The summed E-state index contributed by atoms with van der Waals surface area (Å²) in [6.07, 6.45) is 1.18. The number of nitrogens with one attached hydrogen (secondary N) is 1. The van der Waals surface area contributed by atoms with Gasteiger partial charge < -0.3 is 11.1 Å². The van der Waals surface area contributed by atoms with Crippen LogP contribution in [0.2, 0.25) is 0 Å². The molecule has 3 nitrogen and oxygen atoms in total. The number of rotatable bonds is 5. The summed E-state index contributed by atoms with van der Waals surface area (Å²) in [6, 6.07) is 17.7. The van der Waals surface area contributed by atoms with Crippen molar-refractivity contribution in [2.45, 2.75) is 25.8 Å². The van der Waals surface area contributed by atoms with E-state index in [-0.39, 0.29) is 11.9 Å². The first kappa shape index (κ1) is 14.1. The molecule has 0 radical (unpaired) electrons. The fourth-order valence-corrected chi connectivity index (χ4v) is 2.15. The molecule has 0 aliphatic rings. The zero-order valence-electron chi connectivity index (χ0n) is 11.7. The summed E-state index contributed by atoms with van der Waals surface area (Å²) in [7, 11) is 0. The van der Waals surface area contributed by atoms with Gasteiger partial charge in [0.2, 0.25) is 5.91 Å². The van der Waals surface area contributed by atoms with Gasteiger partial charge in [0.15, 0.2) is 0 Å². The molecule has 0 bridgehead atoms. The minimum Gasteiger partial charge on any atom is -0.399 e. The molecule has 3 heteroatoms. The van der Waals surface area contributed by atoms with E-state index in [1.165, 1.54) is 0 Å². The van der Waals surface area contributed by atoms with E-state index in [2.05, 4.69) is 5.32 Å². The molecule has 0 unspecified atom stereocenters. The van der Waals surface area contributed by atoms with Gasteiger partial charge in [0, 0.05) is 12.1 Å². The second-order valence-corrected chi connectivity index (χ2v) is 4.94. The molecule has 0 fully saturated rings. The van der Waals surface area contributed by atoms with Gasteiger partial charge >= 0.3 is 0 Å². The number of hydrogen-bond acceptors (Lipinski definition) is 2. The predicted octanol–water partition coefficient (Wildman–Crippen LogP) is 3.08. The lowest BCUT2D eigenvalue weighted by molar-refractivity contribution is -0.121. The maximum Gasteiger partial charge on any atom is 0.220 e. The highest BCUT2D eigenvalue weighted by Gasteiger charge is 2.09. The molecule has 2 aromatic carbocycles. The van der Waals surface area contributed by atoms with Crippen molar-refractivity contribution in [1.82, 2.24) is 5.32 Å². The molecule has 2 rings (SSSR count). The number of carbonyl (C=O) groups is 1. The summed E-state index contributed by atoms with van der Waals surface area (Å²) in [4.78, 5) is 11.9. The molecule has 20 heavy (non-hydrogen) atoms. The van der Waals surface area contributed by atoms with E-state index in [1.54, 1.807) is 0 Å². The van der Waals surface area contributed by atoms with Crippen LogP contribution in [0.25, 0.3) is 0 Å². The molecular weight excluding hydrogens is 248 g/mol. The fraction of sp³-hybridized carbons (Fsp3) is 0.235. The van der Waals surface area contributed by atoms with Crippen molar-refractivity contribution in [3.63, 3.8) is 0 Å². The van der Waals surface area contributed by atoms with Gasteiger partial charge in [0.25, 0.3) is 0 Å². The summed E-state index contributed by atoms with van der Waals surface area (Å²) < 4.78 is 0. The van der Waals surface area contributed by atoms with Crippen molar-refractivity contribution in [1.29, 1.82) is 0 Å². The normalized spacial score (nSPS) is 11.8. The minimum atomic E-state index is 0.0320. The van der Waals surface area contributed by atoms with E-state index in [1.807, 2.05) is 61.5 Å². The highest BCUT2D eigenvalue weighted by molar-refractivity contribution is 5.76. The van der Waals surface area contributed by atoms with Crippen LogP contribution in [0.15, 0.2) is 54.6 Å². The second-order valence-electron chi connectivity index (χ2n) is 4.94. The number of carbonyl (C=O) groups excluding carboxylic acids is 1. The molecule has 1 amide bonds. The van der Waals surface area contributed by atoms with Crippen LogP contribution < -0.4 is 11.1 Å². The van der Waals surface area contributed by atoms with Crippen molar-refractivity contribution in [3.8, 4) is 0 Å². The Morgan fingerprint density at radius 1 is 1.15 bits per heavy atom. The van der Waals surface area contributed by atoms with Gasteiger partial charge in [-0.05, 0) is 36.6 Å². The van der Waals surface area contributed by atoms with Crippen molar-refractivity contribution in [2.24, 2.45) is 0 Å². The van der Waals surface area contributed by atoms with Crippen LogP contribution in [0, 0.1) is 0 Å². The first-order valence-corrected chi connectivity index (χ1v) is 6.84. The van der Waals surface area contributed by atoms with E-state index in [0.29, 0.717) is 12.8 Å². The predicted molar refractivity (Wildman–Crippen MR) is 82.2 cm³/mol. The third-order valence-corrected chi connectivity index (χ3v) is 3.27. The molecule has 3 N–H and O–H groups in total. The standard InChI is InChI=1S/C17H20N2O/c1-13(15-7-3-2-4-8-15)19-17(20)11-10-14-6-5-9-16(18)12-14/h2-9,12-13H,10-11,18H2,1H3,(H,19,20)/t13-/m0/s1. The molecule has 0 heterocycles. The molecule has 1 atom stereocenters. The lowest BCUT2D eigenvalue weighted by Gasteiger charge is -2.14. The molecule has 104 valence electrons. The van der Waals surface area contributed by atoms with Crippen LogP contribution in [-0.4, -0.2) is 5.91 Å². The lowest BCUT2D eigenvalue weighted by atomic mass is 10.1. The van der Waals surface area contributed by atoms with Crippen LogP contribution in [0.4, 0.5) is 5.69 Å². The largest absolute Gasteiger partial charge is 0.399 e. The average Bonchev–Trinajstić information content (AvgIpc) is 2.46. The lowest BCUT2D eigenvalue weighted by Crippen LogP contribution is -2.26. The van der Waals surface area contributed by atoms with E-state index in [0.717, 1.165) is 16.8 Å². The summed E-state index contributed by atoms with van der Waals surface area (Å²) in [5.74, 6) is 0.0591. The Morgan fingerprint density at radius 3 is 2.60 bits per heavy atom. The van der Waals surface area contributed by atoms with Gasteiger partial charge in [-0.15, -0.1) is 0 Å². The number of nitrogens with two attached hydrogens (primary N) is 1. The number of amides is 1. The zero-order valence-corrected chi connectivity index (χ0v) is 11.7. The molecule has 0 saturated heterocycles. The molecule has 2 aromatic rings. The number of benzene rings is 2. The quantitative estimate of drug-likeness (QED) is 0.819. The summed E-state index contributed by atoms with van der Waals surface area (Å²) in [5, 5.41) is 3.01. The van der Waals surface area contributed by atoms with Gasteiger partial charge in [-0.25, -0.2) is 0 Å². The third kappa shape index (κ3) is 4.12. The molecule has 0 aromatic heterocycles. The first-order valence-electron chi connectivity index (χ1n) is 6.84. The number of nitrogen functional groups attached to an aromatic ring is 1.